The van der Waals surface area contributed by atoms with Crippen LogP contribution in [0.25, 0.3) is 5.69 Å². The molecule has 1 aromatic carbocycles. The lowest BCUT2D eigenvalue weighted by Gasteiger charge is -2.18. The maximum Gasteiger partial charge on any atom is 0.335 e. The molecular weight excluding hydrogens is 254 g/mol. The largest absolute Gasteiger partial charge is 0.377 e. The van der Waals surface area contributed by atoms with Gasteiger partial charge < -0.3 is 5.32 Å². The summed E-state index contributed by atoms with van der Waals surface area (Å²) in [6.45, 7) is 5.69. The van der Waals surface area contributed by atoms with Crippen molar-refractivity contribution in [3.8, 4) is 5.69 Å². The molecule has 1 aromatic heterocycles. The number of hydrogen-bond acceptors (Lipinski definition) is 3. The Kier molecular flexibility index (Phi) is 3.79. The van der Waals surface area contributed by atoms with Gasteiger partial charge in [0.15, 0.2) is 0 Å². The number of aromatic nitrogens is 2. The Morgan fingerprint density at radius 2 is 1.70 bits per heavy atom. The van der Waals surface area contributed by atoms with Crippen molar-refractivity contribution in [3.05, 3.63) is 56.9 Å². The molecule has 0 spiro atoms. The van der Waals surface area contributed by atoms with E-state index in [2.05, 4.69) is 5.32 Å². The molecule has 5 heteroatoms. The molecule has 0 bridgehead atoms. The van der Waals surface area contributed by atoms with E-state index in [9.17, 15) is 9.59 Å². The molecule has 1 N–H and O–H groups in total. The first-order valence-electron chi connectivity index (χ1n) is 6.58. The standard InChI is InChI=1S/C15H19N3O2/c1-10(2)16-13-11(3)18(12-8-6-5-7-9-12)15(20)17(4)14(13)19/h5-10,16H,1-4H3. The minimum Gasteiger partial charge on any atom is -0.377 e. The van der Waals surface area contributed by atoms with Crippen molar-refractivity contribution in [1.29, 1.82) is 0 Å². The molecule has 2 aromatic rings. The van der Waals surface area contributed by atoms with Crippen molar-refractivity contribution < 1.29 is 0 Å². The van der Waals surface area contributed by atoms with E-state index in [1.54, 1.807) is 11.5 Å². The number of benzene rings is 1. The van der Waals surface area contributed by atoms with E-state index in [1.165, 1.54) is 7.05 Å². The summed E-state index contributed by atoms with van der Waals surface area (Å²) >= 11 is 0. The van der Waals surface area contributed by atoms with E-state index in [0.29, 0.717) is 11.4 Å². The third-order valence-corrected chi connectivity index (χ3v) is 3.14. The fourth-order valence-electron chi connectivity index (χ4n) is 2.15. The van der Waals surface area contributed by atoms with Crippen LogP contribution in [0.15, 0.2) is 39.9 Å². The fraction of sp³-hybridized carbons (Fsp3) is 0.333. The Hall–Kier alpha value is -2.30. The van der Waals surface area contributed by atoms with Gasteiger partial charge in [-0.25, -0.2) is 4.79 Å². The summed E-state index contributed by atoms with van der Waals surface area (Å²) in [5.41, 5.74) is 1.20. The van der Waals surface area contributed by atoms with Crippen LogP contribution >= 0.6 is 0 Å². The number of rotatable bonds is 3. The Balaban J connectivity index is 2.79. The van der Waals surface area contributed by atoms with Gasteiger partial charge in [0.2, 0.25) is 0 Å². The molecular formula is C15H19N3O2. The van der Waals surface area contributed by atoms with E-state index < -0.39 is 0 Å². The van der Waals surface area contributed by atoms with Crippen LogP contribution in [0.4, 0.5) is 5.69 Å². The van der Waals surface area contributed by atoms with Crippen molar-refractivity contribution in [2.24, 2.45) is 7.05 Å². The summed E-state index contributed by atoms with van der Waals surface area (Å²) in [7, 11) is 1.50. The van der Waals surface area contributed by atoms with Gasteiger partial charge in [0.25, 0.3) is 5.56 Å². The highest BCUT2D eigenvalue weighted by atomic mass is 16.2. The minimum absolute atomic E-state index is 0.114. The summed E-state index contributed by atoms with van der Waals surface area (Å²) in [5, 5.41) is 3.13. The summed E-state index contributed by atoms with van der Waals surface area (Å²) in [4.78, 5) is 24.6. The van der Waals surface area contributed by atoms with Crippen LogP contribution in [0.2, 0.25) is 0 Å². The van der Waals surface area contributed by atoms with Gasteiger partial charge in [0.05, 0.1) is 11.4 Å². The molecule has 0 radical (unpaired) electrons. The van der Waals surface area contributed by atoms with Crippen molar-refractivity contribution in [3.63, 3.8) is 0 Å². The molecule has 20 heavy (non-hydrogen) atoms. The Labute approximate surface area is 117 Å². The summed E-state index contributed by atoms with van der Waals surface area (Å²) in [6.07, 6.45) is 0. The maximum absolute atomic E-state index is 12.3. The van der Waals surface area contributed by atoms with E-state index in [1.807, 2.05) is 44.2 Å². The average molecular weight is 273 g/mol. The van der Waals surface area contributed by atoms with Crippen molar-refractivity contribution in [1.82, 2.24) is 9.13 Å². The molecule has 0 saturated carbocycles. The number of anilines is 1. The highest BCUT2D eigenvalue weighted by Crippen LogP contribution is 2.13. The Morgan fingerprint density at radius 1 is 1.10 bits per heavy atom. The molecule has 1 heterocycles. The summed E-state index contributed by atoms with van der Waals surface area (Å²) in [5.74, 6) is 0. The normalized spacial score (nSPS) is 10.8. The van der Waals surface area contributed by atoms with Gasteiger partial charge in [0.1, 0.15) is 5.69 Å². The van der Waals surface area contributed by atoms with Gasteiger partial charge >= 0.3 is 5.69 Å². The van der Waals surface area contributed by atoms with Gasteiger partial charge in [-0.1, -0.05) is 18.2 Å². The second-order valence-corrected chi connectivity index (χ2v) is 5.08. The molecule has 5 nitrogen and oxygen atoms in total. The predicted octanol–water partition coefficient (Wildman–Crippen LogP) is 1.66. The predicted molar refractivity (Wildman–Crippen MR) is 80.8 cm³/mol. The number of nitrogens with zero attached hydrogens (tertiary/aromatic N) is 2. The zero-order valence-electron chi connectivity index (χ0n) is 12.2. The van der Waals surface area contributed by atoms with E-state index in [-0.39, 0.29) is 17.3 Å². The Morgan fingerprint density at radius 3 is 2.25 bits per heavy atom. The lowest BCUT2D eigenvalue weighted by atomic mass is 10.2. The van der Waals surface area contributed by atoms with Gasteiger partial charge in [-0.2, -0.15) is 0 Å². The van der Waals surface area contributed by atoms with E-state index >= 15 is 0 Å². The monoisotopic (exact) mass is 273 g/mol. The molecule has 0 atom stereocenters. The SMILES string of the molecule is Cc1c(NC(C)C)c(=O)n(C)c(=O)n1-c1ccccc1. The lowest BCUT2D eigenvalue weighted by Crippen LogP contribution is -2.40. The second-order valence-electron chi connectivity index (χ2n) is 5.08. The minimum atomic E-state index is -0.340. The van der Waals surface area contributed by atoms with Gasteiger partial charge in [-0.3, -0.25) is 13.9 Å². The van der Waals surface area contributed by atoms with Crippen LogP contribution in [0, 0.1) is 6.92 Å². The zero-order valence-corrected chi connectivity index (χ0v) is 12.2. The molecule has 0 aliphatic heterocycles. The topological polar surface area (TPSA) is 56.0 Å². The Bertz CT molecular complexity index is 727. The molecule has 0 aliphatic carbocycles. The molecule has 0 amide bonds. The fourth-order valence-corrected chi connectivity index (χ4v) is 2.15. The summed E-state index contributed by atoms with van der Waals surface area (Å²) < 4.78 is 2.68. The van der Waals surface area contributed by atoms with Crippen LogP contribution in [0.5, 0.6) is 0 Å². The molecule has 0 aliphatic rings. The maximum atomic E-state index is 12.3. The third-order valence-electron chi connectivity index (χ3n) is 3.14. The summed E-state index contributed by atoms with van der Waals surface area (Å²) in [6, 6.07) is 9.42. The van der Waals surface area contributed by atoms with Crippen LogP contribution < -0.4 is 16.6 Å². The molecule has 0 saturated heterocycles. The number of nitrogens with one attached hydrogen (secondary N) is 1. The first kappa shape index (κ1) is 14.1. The molecule has 2 rings (SSSR count). The lowest BCUT2D eigenvalue weighted by molar-refractivity contribution is 0.710. The highest BCUT2D eigenvalue weighted by Gasteiger charge is 2.15. The first-order chi connectivity index (χ1) is 9.43. The van der Waals surface area contributed by atoms with Crippen LogP contribution in [-0.2, 0) is 7.05 Å². The van der Waals surface area contributed by atoms with Crippen molar-refractivity contribution in [2.75, 3.05) is 5.32 Å². The van der Waals surface area contributed by atoms with E-state index in [0.717, 1.165) is 10.3 Å². The van der Waals surface area contributed by atoms with Gasteiger partial charge in [-0.05, 0) is 32.9 Å². The van der Waals surface area contributed by atoms with E-state index in [4.69, 9.17) is 0 Å². The van der Waals surface area contributed by atoms with Crippen molar-refractivity contribution in [2.45, 2.75) is 26.8 Å². The van der Waals surface area contributed by atoms with Gasteiger partial charge in [-0.15, -0.1) is 0 Å². The smallest absolute Gasteiger partial charge is 0.335 e. The van der Waals surface area contributed by atoms with Crippen LogP contribution in [-0.4, -0.2) is 15.2 Å². The molecule has 0 unspecified atom stereocenters. The number of hydrogen-bond donors (Lipinski definition) is 1. The zero-order chi connectivity index (χ0) is 14.9. The average Bonchev–Trinajstić information content (AvgIpc) is 2.42. The molecule has 106 valence electrons. The van der Waals surface area contributed by atoms with Gasteiger partial charge in [0, 0.05) is 13.1 Å². The molecule has 0 fully saturated rings. The quantitative estimate of drug-likeness (QED) is 0.925. The second kappa shape index (κ2) is 5.36. The van der Waals surface area contributed by atoms with Crippen LogP contribution in [0.1, 0.15) is 19.5 Å². The number of para-hydroxylation sites is 1. The first-order valence-corrected chi connectivity index (χ1v) is 6.58. The van der Waals surface area contributed by atoms with Crippen LogP contribution in [0.3, 0.4) is 0 Å². The third kappa shape index (κ3) is 2.39. The van der Waals surface area contributed by atoms with Crippen molar-refractivity contribution >= 4 is 5.69 Å². The highest BCUT2D eigenvalue weighted by molar-refractivity contribution is 5.49.